The summed E-state index contributed by atoms with van der Waals surface area (Å²) >= 11 is 0. The van der Waals surface area contributed by atoms with E-state index in [-0.39, 0.29) is 11.6 Å². The summed E-state index contributed by atoms with van der Waals surface area (Å²) in [7, 11) is 0. The Balaban J connectivity index is 1.84. The highest BCUT2D eigenvalue weighted by Crippen LogP contribution is 2.46. The molecular formula is C29H23F10NO5. The van der Waals surface area contributed by atoms with E-state index in [1.165, 1.54) is 6.92 Å². The zero-order valence-corrected chi connectivity index (χ0v) is 23.3. The molecule has 0 radical (unpaired) electrons. The summed E-state index contributed by atoms with van der Waals surface area (Å²) in [4.78, 5) is 13.6. The molecule has 16 heteroatoms. The van der Waals surface area contributed by atoms with E-state index in [4.69, 9.17) is 4.74 Å². The van der Waals surface area contributed by atoms with Crippen LogP contribution in [0.25, 0.3) is 11.1 Å². The number of hydrogen-bond acceptors (Lipinski definition) is 5. The maximum atomic E-state index is 14.7. The highest BCUT2D eigenvalue weighted by atomic mass is 19.4. The van der Waals surface area contributed by atoms with Gasteiger partial charge < -0.3 is 20.1 Å². The number of phenolic OH excluding ortho intramolecular Hbond substituents is 2. The van der Waals surface area contributed by atoms with Crippen LogP contribution in [0.5, 0.6) is 11.5 Å². The summed E-state index contributed by atoms with van der Waals surface area (Å²) in [6.07, 6.45) is -18.4. The van der Waals surface area contributed by atoms with Crippen LogP contribution in [0.2, 0.25) is 0 Å². The number of phenols is 2. The number of cyclic esters (lactones) is 1. The van der Waals surface area contributed by atoms with Crippen molar-refractivity contribution >= 4 is 6.09 Å². The molecule has 1 aliphatic rings. The normalized spacial score (nSPS) is 18.0. The number of benzene rings is 3. The maximum absolute atomic E-state index is 14.7. The van der Waals surface area contributed by atoms with Gasteiger partial charge in [-0.25, -0.2) is 9.18 Å². The highest BCUT2D eigenvalue weighted by Gasteiger charge is 2.44. The third-order valence-corrected chi connectivity index (χ3v) is 7.27. The van der Waals surface area contributed by atoms with Gasteiger partial charge in [-0.1, -0.05) is 6.07 Å². The number of halogens is 10. The number of aliphatic hydroxyl groups is 1. The highest BCUT2D eigenvalue weighted by molar-refractivity contribution is 5.78. The number of hydrogen-bond donors (Lipinski definition) is 3. The molecule has 1 fully saturated rings. The van der Waals surface area contributed by atoms with Crippen LogP contribution >= 0.6 is 0 Å². The predicted octanol–water partition coefficient (Wildman–Crippen LogP) is 8.27. The van der Waals surface area contributed by atoms with Crippen LogP contribution < -0.4 is 0 Å². The second-order valence-corrected chi connectivity index (χ2v) is 10.9. The Morgan fingerprint density at radius 3 is 1.80 bits per heavy atom. The number of ether oxygens (including phenoxy) is 1. The summed E-state index contributed by atoms with van der Waals surface area (Å²) in [6, 6.07) is 2.10. The van der Waals surface area contributed by atoms with Crippen LogP contribution in [0.15, 0.2) is 42.5 Å². The quantitative estimate of drug-likeness (QED) is 0.190. The lowest BCUT2D eigenvalue weighted by Gasteiger charge is -2.25. The van der Waals surface area contributed by atoms with E-state index in [0.717, 1.165) is 30.9 Å². The maximum Gasteiger partial charge on any atom is 0.416 e. The van der Waals surface area contributed by atoms with Crippen molar-refractivity contribution in [2.24, 2.45) is 0 Å². The number of carbonyl (C=O) groups excluding carboxylic acids is 1. The van der Waals surface area contributed by atoms with Gasteiger partial charge in [0, 0.05) is 11.1 Å². The fourth-order valence-electron chi connectivity index (χ4n) is 4.94. The van der Waals surface area contributed by atoms with Gasteiger partial charge in [-0.2, -0.15) is 39.5 Å². The van der Waals surface area contributed by atoms with Crippen molar-refractivity contribution in [1.82, 2.24) is 4.90 Å². The number of amides is 1. The van der Waals surface area contributed by atoms with E-state index < -0.39 is 105 Å². The average Bonchev–Trinajstić information content (AvgIpc) is 3.18. The van der Waals surface area contributed by atoms with Gasteiger partial charge in [0.1, 0.15) is 6.10 Å². The predicted molar refractivity (Wildman–Crippen MR) is 136 cm³/mol. The van der Waals surface area contributed by atoms with E-state index in [1.807, 2.05) is 0 Å². The Morgan fingerprint density at radius 2 is 1.31 bits per heavy atom. The third-order valence-electron chi connectivity index (χ3n) is 7.27. The van der Waals surface area contributed by atoms with Gasteiger partial charge in [-0.05, 0) is 73.9 Å². The Hall–Kier alpha value is -4.21. The van der Waals surface area contributed by atoms with Crippen LogP contribution in [0.3, 0.4) is 0 Å². The van der Waals surface area contributed by atoms with Crippen molar-refractivity contribution < 1.29 is 68.8 Å². The van der Waals surface area contributed by atoms with E-state index in [0.29, 0.717) is 24.3 Å². The van der Waals surface area contributed by atoms with E-state index in [2.05, 4.69) is 0 Å². The summed E-state index contributed by atoms with van der Waals surface area (Å²) in [5, 5.41) is 31.1. The first-order chi connectivity index (χ1) is 20.4. The number of carbonyl (C=O) groups is 1. The summed E-state index contributed by atoms with van der Waals surface area (Å²) in [6.45, 7) is 2.64. The second kappa shape index (κ2) is 11.0. The molecule has 45 heavy (non-hydrogen) atoms. The molecule has 1 saturated heterocycles. The van der Waals surface area contributed by atoms with E-state index in [9.17, 15) is 64.0 Å². The van der Waals surface area contributed by atoms with Crippen LogP contribution in [-0.4, -0.2) is 32.4 Å². The Kier molecular flexibility index (Phi) is 8.23. The molecule has 0 bridgehead atoms. The minimum absolute atomic E-state index is 0.121. The second-order valence-electron chi connectivity index (χ2n) is 10.9. The van der Waals surface area contributed by atoms with Gasteiger partial charge in [-0.15, -0.1) is 0 Å². The van der Waals surface area contributed by atoms with Crippen molar-refractivity contribution in [3.63, 3.8) is 0 Å². The molecule has 1 heterocycles. The van der Waals surface area contributed by atoms with Crippen molar-refractivity contribution in [2.45, 2.75) is 63.6 Å². The lowest BCUT2D eigenvalue weighted by molar-refractivity contribution is -0.143. The zero-order chi connectivity index (χ0) is 34.0. The van der Waals surface area contributed by atoms with Gasteiger partial charge >= 0.3 is 24.6 Å². The molecule has 1 amide bonds. The van der Waals surface area contributed by atoms with Crippen LogP contribution in [0, 0.1) is 5.82 Å². The van der Waals surface area contributed by atoms with Gasteiger partial charge in [0.05, 0.1) is 34.9 Å². The molecule has 4 rings (SSSR count). The molecule has 1 aliphatic heterocycles. The first kappa shape index (κ1) is 33.7. The van der Waals surface area contributed by atoms with E-state index >= 15 is 0 Å². The minimum Gasteiger partial charge on any atom is -0.504 e. The summed E-state index contributed by atoms with van der Waals surface area (Å²) in [5.41, 5.74) is -8.94. The molecule has 0 aliphatic carbocycles. The van der Waals surface area contributed by atoms with Gasteiger partial charge in [0.25, 0.3) is 0 Å². The molecule has 3 aromatic carbocycles. The third kappa shape index (κ3) is 6.60. The summed E-state index contributed by atoms with van der Waals surface area (Å²) < 4.78 is 141. The first-order valence-corrected chi connectivity index (χ1v) is 12.9. The van der Waals surface area contributed by atoms with Crippen molar-refractivity contribution in [3.8, 4) is 22.6 Å². The number of alkyl halides is 9. The molecule has 2 atom stereocenters. The fraction of sp³-hybridized carbons (Fsp3) is 0.345. The smallest absolute Gasteiger partial charge is 0.416 e. The monoisotopic (exact) mass is 655 g/mol. The van der Waals surface area contributed by atoms with E-state index in [1.54, 1.807) is 0 Å². The van der Waals surface area contributed by atoms with Crippen LogP contribution in [0.1, 0.15) is 60.3 Å². The Labute approximate surface area is 248 Å². The number of rotatable bonds is 5. The van der Waals surface area contributed by atoms with Crippen LogP contribution in [0.4, 0.5) is 48.7 Å². The largest absolute Gasteiger partial charge is 0.504 e. The molecule has 0 spiro atoms. The SMILES string of the molecule is C[C@H]1[C@H](c2cc(C(F)(F)F)cc(C(F)(F)F)c2)OC(=O)N1Cc1cc(C(F)(F)F)ccc1-c1cc(C(C)(C)O)c(F)c(O)c1O. The molecule has 0 aromatic heterocycles. The van der Waals surface area contributed by atoms with Gasteiger partial charge in [-0.3, -0.25) is 4.90 Å². The minimum atomic E-state index is -5.21. The lowest BCUT2D eigenvalue weighted by Crippen LogP contribution is -2.32. The molecule has 0 saturated carbocycles. The molecule has 6 nitrogen and oxygen atoms in total. The Morgan fingerprint density at radius 1 is 0.778 bits per heavy atom. The fourth-order valence-corrected chi connectivity index (χ4v) is 4.94. The van der Waals surface area contributed by atoms with Gasteiger partial charge in [0.2, 0.25) is 0 Å². The standard InChI is InChI=1S/C29H23F10NO5/c1-12-24(13-6-16(28(34,35)36)9-17(7-13)29(37,38)39)45-25(43)40(12)11-14-8-15(27(31,32)33)4-5-18(14)19-10-20(26(2,3)44)21(30)23(42)22(19)41/h4-10,12,24,41-42,44H,11H2,1-3H3/t12-,24+/m0/s1. The van der Waals surface area contributed by atoms with Crippen molar-refractivity contribution in [1.29, 1.82) is 0 Å². The lowest BCUT2D eigenvalue weighted by atomic mass is 9.89. The average molecular weight is 655 g/mol. The first-order valence-electron chi connectivity index (χ1n) is 12.9. The molecule has 0 unspecified atom stereocenters. The summed E-state index contributed by atoms with van der Waals surface area (Å²) in [5.74, 6) is -3.88. The topological polar surface area (TPSA) is 90.2 Å². The van der Waals surface area contributed by atoms with Gasteiger partial charge in [0.15, 0.2) is 17.3 Å². The Bertz CT molecular complexity index is 1610. The number of aromatic hydroxyl groups is 2. The molecule has 3 aromatic rings. The zero-order valence-electron chi connectivity index (χ0n) is 23.3. The van der Waals surface area contributed by atoms with Crippen molar-refractivity contribution in [3.05, 3.63) is 81.7 Å². The molecule has 3 N–H and O–H groups in total. The molecular weight excluding hydrogens is 632 g/mol. The van der Waals surface area contributed by atoms with Crippen LogP contribution in [-0.2, 0) is 35.4 Å². The van der Waals surface area contributed by atoms with Crippen molar-refractivity contribution in [2.75, 3.05) is 0 Å². The molecule has 244 valence electrons. The number of nitrogens with zero attached hydrogens (tertiary/aromatic N) is 1.